The second-order valence-corrected chi connectivity index (χ2v) is 7.06. The molecule has 2 unspecified atom stereocenters. The van der Waals surface area contributed by atoms with E-state index in [9.17, 15) is 0 Å². The maximum absolute atomic E-state index is 6.37. The van der Waals surface area contributed by atoms with E-state index in [0.29, 0.717) is 6.04 Å². The third-order valence-corrected chi connectivity index (χ3v) is 4.36. The first kappa shape index (κ1) is 15.7. The molecule has 1 aromatic heterocycles. The van der Waals surface area contributed by atoms with Crippen molar-refractivity contribution < 1.29 is 0 Å². The Hall–Kier alpha value is -0.380. The van der Waals surface area contributed by atoms with E-state index in [1.54, 1.807) is 0 Å². The molecule has 2 atom stereocenters. The topological polar surface area (TPSA) is 29.3 Å². The van der Waals surface area contributed by atoms with Crippen LogP contribution in [0.3, 0.4) is 0 Å². The summed E-state index contributed by atoms with van der Waals surface area (Å²) in [6.07, 6.45) is 1.03. The molecule has 0 aromatic carbocycles. The van der Waals surface area contributed by atoms with Gasteiger partial charge in [-0.1, -0.05) is 40.7 Å². The molecule has 0 saturated heterocycles. The highest BCUT2D eigenvalue weighted by molar-refractivity contribution is 7.09. The summed E-state index contributed by atoms with van der Waals surface area (Å²) < 4.78 is 0. The predicted molar refractivity (Wildman–Crippen MR) is 81.9 cm³/mol. The summed E-state index contributed by atoms with van der Waals surface area (Å²) in [5.74, 6) is 0. The first-order chi connectivity index (χ1) is 8.40. The average Bonchev–Trinajstić information content (AvgIpc) is 2.78. The molecule has 18 heavy (non-hydrogen) atoms. The van der Waals surface area contributed by atoms with Crippen LogP contribution < -0.4 is 5.73 Å². The number of hydrogen-bond donors (Lipinski definition) is 1. The van der Waals surface area contributed by atoms with Gasteiger partial charge in [-0.2, -0.15) is 0 Å². The molecule has 1 aromatic rings. The minimum Gasteiger partial charge on any atom is -0.326 e. The Labute approximate surface area is 116 Å². The molecule has 0 spiro atoms. The number of nitrogens with two attached hydrogens (primary N) is 1. The van der Waals surface area contributed by atoms with Crippen molar-refractivity contribution in [3.63, 3.8) is 0 Å². The zero-order chi connectivity index (χ0) is 13.8. The third kappa shape index (κ3) is 4.08. The monoisotopic (exact) mass is 268 g/mol. The lowest BCUT2D eigenvalue weighted by Crippen LogP contribution is -2.54. The molecular formula is C15H28N2S. The molecule has 0 fully saturated rings. The van der Waals surface area contributed by atoms with Crippen LogP contribution in [0.4, 0.5) is 0 Å². The molecule has 2 nitrogen and oxygen atoms in total. The van der Waals surface area contributed by atoms with E-state index in [1.807, 2.05) is 11.3 Å². The standard InChI is InChI=1S/C15H28N2S/c1-6-13(16)14(15(3,4)5)17(7-2)11-12-9-8-10-18-12/h8-10,13-14H,6-7,11,16H2,1-5H3. The highest BCUT2D eigenvalue weighted by Gasteiger charge is 2.33. The molecule has 104 valence electrons. The SMILES string of the molecule is CCC(N)C(N(CC)Cc1cccs1)C(C)(C)C. The number of rotatable bonds is 6. The summed E-state index contributed by atoms with van der Waals surface area (Å²) in [4.78, 5) is 3.95. The van der Waals surface area contributed by atoms with Crippen LogP contribution in [0.25, 0.3) is 0 Å². The molecule has 0 aliphatic rings. The molecule has 1 rings (SSSR count). The Balaban J connectivity index is 2.87. The smallest absolute Gasteiger partial charge is 0.0331 e. The van der Waals surface area contributed by atoms with Crippen LogP contribution in [0, 0.1) is 5.41 Å². The van der Waals surface area contributed by atoms with Gasteiger partial charge in [-0.3, -0.25) is 4.90 Å². The largest absolute Gasteiger partial charge is 0.326 e. The van der Waals surface area contributed by atoms with Crippen LogP contribution in [-0.4, -0.2) is 23.5 Å². The molecule has 0 aliphatic carbocycles. The number of thiophene rings is 1. The van der Waals surface area contributed by atoms with Gasteiger partial charge in [-0.15, -0.1) is 11.3 Å². The van der Waals surface area contributed by atoms with Crippen molar-refractivity contribution in [2.45, 2.75) is 59.7 Å². The Kier molecular flexibility index (Phi) is 5.83. The van der Waals surface area contributed by atoms with Gasteiger partial charge >= 0.3 is 0 Å². The van der Waals surface area contributed by atoms with Gasteiger partial charge in [-0.05, 0) is 29.8 Å². The Morgan fingerprint density at radius 1 is 1.33 bits per heavy atom. The number of likely N-dealkylation sites (N-methyl/N-ethyl adjacent to an activating group) is 1. The summed E-state index contributed by atoms with van der Waals surface area (Å²) in [7, 11) is 0. The van der Waals surface area contributed by atoms with E-state index in [0.717, 1.165) is 19.5 Å². The fourth-order valence-corrected chi connectivity index (χ4v) is 3.42. The average molecular weight is 268 g/mol. The van der Waals surface area contributed by atoms with Gasteiger partial charge in [0.1, 0.15) is 0 Å². The summed E-state index contributed by atoms with van der Waals surface area (Å²) in [6.45, 7) is 13.4. The van der Waals surface area contributed by atoms with Crippen molar-refractivity contribution in [1.29, 1.82) is 0 Å². The lowest BCUT2D eigenvalue weighted by atomic mass is 9.80. The number of hydrogen-bond acceptors (Lipinski definition) is 3. The van der Waals surface area contributed by atoms with Crippen molar-refractivity contribution in [2.75, 3.05) is 6.54 Å². The van der Waals surface area contributed by atoms with E-state index in [-0.39, 0.29) is 11.5 Å². The second kappa shape index (κ2) is 6.69. The zero-order valence-corrected chi connectivity index (χ0v) is 13.3. The van der Waals surface area contributed by atoms with Gasteiger partial charge in [0.2, 0.25) is 0 Å². The fourth-order valence-electron chi connectivity index (χ4n) is 2.69. The predicted octanol–water partition coefficient (Wildman–Crippen LogP) is 3.72. The van der Waals surface area contributed by atoms with E-state index < -0.39 is 0 Å². The summed E-state index contributed by atoms with van der Waals surface area (Å²) >= 11 is 1.83. The van der Waals surface area contributed by atoms with Crippen molar-refractivity contribution in [3.8, 4) is 0 Å². The van der Waals surface area contributed by atoms with Crippen molar-refractivity contribution >= 4 is 11.3 Å². The van der Waals surface area contributed by atoms with Gasteiger partial charge in [0.05, 0.1) is 0 Å². The van der Waals surface area contributed by atoms with E-state index in [4.69, 9.17) is 5.73 Å². The molecule has 0 amide bonds. The maximum atomic E-state index is 6.37. The van der Waals surface area contributed by atoms with Crippen molar-refractivity contribution in [2.24, 2.45) is 11.1 Å². The van der Waals surface area contributed by atoms with Gasteiger partial charge in [0.15, 0.2) is 0 Å². The summed E-state index contributed by atoms with van der Waals surface area (Å²) in [5, 5.41) is 2.15. The molecule has 2 N–H and O–H groups in total. The summed E-state index contributed by atoms with van der Waals surface area (Å²) in [5.41, 5.74) is 6.58. The fraction of sp³-hybridized carbons (Fsp3) is 0.733. The van der Waals surface area contributed by atoms with E-state index in [2.05, 4.69) is 57.0 Å². The highest BCUT2D eigenvalue weighted by atomic mass is 32.1. The molecule has 0 aliphatic heterocycles. The van der Waals surface area contributed by atoms with Gasteiger partial charge in [0, 0.05) is 23.5 Å². The quantitative estimate of drug-likeness (QED) is 0.852. The van der Waals surface area contributed by atoms with Crippen LogP contribution in [-0.2, 0) is 6.54 Å². The molecule has 0 saturated carbocycles. The third-order valence-electron chi connectivity index (χ3n) is 3.50. The van der Waals surface area contributed by atoms with Crippen LogP contribution >= 0.6 is 11.3 Å². The van der Waals surface area contributed by atoms with Crippen LogP contribution in [0.1, 0.15) is 45.9 Å². The first-order valence-electron chi connectivity index (χ1n) is 6.92. The molecular weight excluding hydrogens is 240 g/mol. The van der Waals surface area contributed by atoms with E-state index >= 15 is 0 Å². The van der Waals surface area contributed by atoms with Gasteiger partial charge in [-0.25, -0.2) is 0 Å². The maximum Gasteiger partial charge on any atom is 0.0331 e. The highest BCUT2D eigenvalue weighted by Crippen LogP contribution is 2.29. The van der Waals surface area contributed by atoms with Crippen LogP contribution in [0.15, 0.2) is 17.5 Å². The molecule has 3 heteroatoms. The minimum atomic E-state index is 0.211. The molecule has 1 heterocycles. The Morgan fingerprint density at radius 3 is 2.39 bits per heavy atom. The molecule has 0 radical (unpaired) electrons. The molecule has 0 bridgehead atoms. The van der Waals surface area contributed by atoms with Crippen molar-refractivity contribution in [3.05, 3.63) is 22.4 Å². The van der Waals surface area contributed by atoms with E-state index in [1.165, 1.54) is 4.88 Å². The van der Waals surface area contributed by atoms with Crippen LogP contribution in [0.5, 0.6) is 0 Å². The lowest BCUT2D eigenvalue weighted by molar-refractivity contribution is 0.0751. The van der Waals surface area contributed by atoms with Crippen LogP contribution in [0.2, 0.25) is 0 Å². The lowest BCUT2D eigenvalue weighted by Gasteiger charge is -2.43. The van der Waals surface area contributed by atoms with Gasteiger partial charge in [0.25, 0.3) is 0 Å². The Morgan fingerprint density at radius 2 is 2.00 bits per heavy atom. The number of nitrogens with zero attached hydrogens (tertiary/aromatic N) is 1. The zero-order valence-electron chi connectivity index (χ0n) is 12.4. The van der Waals surface area contributed by atoms with Gasteiger partial charge < -0.3 is 5.73 Å². The first-order valence-corrected chi connectivity index (χ1v) is 7.80. The summed E-state index contributed by atoms with van der Waals surface area (Å²) in [6, 6.07) is 5.00. The normalized spacial score (nSPS) is 15.9. The Bertz CT molecular complexity index is 327. The second-order valence-electron chi connectivity index (χ2n) is 6.03. The van der Waals surface area contributed by atoms with Crippen molar-refractivity contribution in [1.82, 2.24) is 4.90 Å². The minimum absolute atomic E-state index is 0.211.